The van der Waals surface area contributed by atoms with Crippen molar-refractivity contribution in [1.82, 2.24) is 9.55 Å². The summed E-state index contributed by atoms with van der Waals surface area (Å²) in [5.41, 5.74) is 0.554. The predicted molar refractivity (Wildman–Crippen MR) is 118 cm³/mol. The van der Waals surface area contributed by atoms with Gasteiger partial charge in [0.1, 0.15) is 0 Å². The average Bonchev–Trinajstić information content (AvgIpc) is 3.27. The summed E-state index contributed by atoms with van der Waals surface area (Å²) in [5, 5.41) is 12.2. The van der Waals surface area contributed by atoms with E-state index >= 15 is 0 Å². The van der Waals surface area contributed by atoms with E-state index in [9.17, 15) is 22.9 Å². The van der Waals surface area contributed by atoms with Crippen LogP contribution in [0, 0.1) is 0 Å². The Morgan fingerprint density at radius 2 is 1.73 bits per heavy atom. The monoisotopic (exact) mass is 556 g/mol. The molecule has 8 nitrogen and oxygen atoms in total. The maximum atomic E-state index is 12.6. The number of aromatic amines is 1. The van der Waals surface area contributed by atoms with Crippen LogP contribution in [0.25, 0.3) is 21.8 Å². The summed E-state index contributed by atoms with van der Waals surface area (Å²) in [7, 11) is -3.94. The molecule has 0 unspecified atom stereocenters. The van der Waals surface area contributed by atoms with Crippen molar-refractivity contribution in [3.63, 3.8) is 0 Å². The number of nitrogens with zero attached hydrogens (tertiary/aromatic N) is 1. The van der Waals surface area contributed by atoms with Gasteiger partial charge >= 0.3 is 16.2 Å². The van der Waals surface area contributed by atoms with Crippen LogP contribution in [-0.4, -0.2) is 40.8 Å². The van der Waals surface area contributed by atoms with Gasteiger partial charge in [-0.1, -0.05) is 44.0 Å². The van der Waals surface area contributed by atoms with Crippen molar-refractivity contribution in [3.05, 3.63) is 68.9 Å². The highest BCUT2D eigenvalue weighted by Gasteiger charge is 2.48. The fraction of sp³-hybridized carbons (Fsp3) is 0.105. The average molecular weight is 558 g/mol. The van der Waals surface area contributed by atoms with Crippen LogP contribution >= 0.6 is 31.9 Å². The third-order valence-corrected chi connectivity index (χ3v) is 7.06. The molecule has 11 heteroatoms. The van der Waals surface area contributed by atoms with Crippen LogP contribution in [0.4, 0.5) is 4.79 Å². The normalized spacial score (nSPS) is 14.2. The van der Waals surface area contributed by atoms with E-state index in [-0.39, 0.29) is 22.0 Å². The van der Waals surface area contributed by atoms with Gasteiger partial charge in [-0.25, -0.2) is 4.79 Å². The summed E-state index contributed by atoms with van der Waals surface area (Å²) < 4.78 is 42.5. The Bertz CT molecular complexity index is 1430. The zero-order valence-electron chi connectivity index (χ0n) is 15.3. The molecule has 1 atom stereocenters. The first-order valence-corrected chi connectivity index (χ1v) is 11.5. The topological polar surface area (TPSA) is 122 Å². The summed E-state index contributed by atoms with van der Waals surface area (Å²) in [5.74, 6) is 0. The molecule has 0 bridgehead atoms. The van der Waals surface area contributed by atoms with Crippen molar-refractivity contribution in [2.75, 3.05) is 7.11 Å². The first-order chi connectivity index (χ1) is 14.1. The van der Waals surface area contributed by atoms with Crippen LogP contribution in [0.5, 0.6) is 0 Å². The standard InChI is InChI=1S/C19H14Br2N2O6S/c1-29-18(24)23-9-15(13-5-3-11(21)7-17(13)23)19(25,30(26,27)28)14-8-22-16-6-10(20)2-4-12(14)16/h2-9,22,25H,1H3,(H,26,27,28)/t19-/m0/s1. The summed E-state index contributed by atoms with van der Waals surface area (Å²) in [4.78, 5) is 12.3. The number of benzene rings is 2. The first-order valence-electron chi connectivity index (χ1n) is 8.44. The molecule has 2 aromatic heterocycles. The molecule has 0 saturated heterocycles. The van der Waals surface area contributed by atoms with E-state index in [1.54, 1.807) is 30.3 Å². The largest absolute Gasteiger partial charge is 0.452 e. The molecular formula is C19H14Br2N2O6S. The van der Waals surface area contributed by atoms with Crippen LogP contribution in [-0.2, 0) is 19.8 Å². The maximum absolute atomic E-state index is 12.6. The Balaban J connectivity index is 2.13. The quantitative estimate of drug-likeness (QED) is 0.322. The van der Waals surface area contributed by atoms with Gasteiger partial charge in [0.15, 0.2) is 0 Å². The predicted octanol–water partition coefficient (Wildman–Crippen LogP) is 4.34. The van der Waals surface area contributed by atoms with Crippen molar-refractivity contribution in [1.29, 1.82) is 0 Å². The van der Waals surface area contributed by atoms with Crippen LogP contribution in [0.2, 0.25) is 0 Å². The number of ether oxygens (including phenoxy) is 1. The summed E-state index contributed by atoms with van der Waals surface area (Å²) in [6.07, 6.45) is 1.67. The Hall–Kier alpha value is -2.18. The molecule has 3 N–H and O–H groups in total. The lowest BCUT2D eigenvalue weighted by atomic mass is 9.99. The van der Waals surface area contributed by atoms with Gasteiger partial charge < -0.3 is 14.8 Å². The van der Waals surface area contributed by atoms with E-state index in [4.69, 9.17) is 4.74 Å². The van der Waals surface area contributed by atoms with Gasteiger partial charge in [-0.3, -0.25) is 9.12 Å². The molecule has 4 rings (SSSR count). The molecule has 0 saturated carbocycles. The minimum absolute atomic E-state index is 0.0839. The second kappa shape index (κ2) is 7.20. The highest BCUT2D eigenvalue weighted by molar-refractivity contribution is 9.10. The van der Waals surface area contributed by atoms with Crippen molar-refractivity contribution < 1.29 is 27.6 Å². The Morgan fingerprint density at radius 3 is 2.37 bits per heavy atom. The van der Waals surface area contributed by atoms with Crippen molar-refractivity contribution >= 4 is 69.9 Å². The molecule has 2 aromatic carbocycles. The number of hydrogen-bond acceptors (Lipinski definition) is 5. The number of hydrogen-bond donors (Lipinski definition) is 3. The molecule has 4 aromatic rings. The molecule has 0 radical (unpaired) electrons. The number of aliphatic hydroxyl groups is 1. The summed E-state index contributed by atoms with van der Waals surface area (Å²) in [6, 6.07) is 9.74. The van der Waals surface area contributed by atoms with E-state index in [0.717, 1.165) is 15.2 Å². The van der Waals surface area contributed by atoms with Crippen LogP contribution in [0.15, 0.2) is 57.7 Å². The lowest BCUT2D eigenvalue weighted by Gasteiger charge is -2.24. The second-order valence-electron chi connectivity index (χ2n) is 6.56. The number of rotatable bonds is 3. The number of carbonyl (C=O) groups is 1. The van der Waals surface area contributed by atoms with Crippen LogP contribution in [0.3, 0.4) is 0 Å². The zero-order chi connectivity index (χ0) is 21.8. The zero-order valence-corrected chi connectivity index (χ0v) is 19.2. The van der Waals surface area contributed by atoms with Crippen LogP contribution in [0.1, 0.15) is 11.1 Å². The number of fused-ring (bicyclic) bond motifs is 2. The van der Waals surface area contributed by atoms with Crippen molar-refractivity contribution in [2.45, 2.75) is 4.93 Å². The highest BCUT2D eigenvalue weighted by atomic mass is 79.9. The number of methoxy groups -OCH3 is 1. The van der Waals surface area contributed by atoms with Gasteiger partial charge in [0.25, 0.3) is 0 Å². The number of nitrogens with one attached hydrogen (secondary N) is 1. The maximum Gasteiger partial charge on any atom is 0.418 e. The number of halogens is 2. The molecule has 30 heavy (non-hydrogen) atoms. The molecule has 0 amide bonds. The second-order valence-corrected chi connectivity index (χ2v) is 9.93. The van der Waals surface area contributed by atoms with Gasteiger partial charge in [-0.15, -0.1) is 0 Å². The minimum Gasteiger partial charge on any atom is -0.452 e. The van der Waals surface area contributed by atoms with Gasteiger partial charge in [0.05, 0.1) is 12.6 Å². The molecule has 0 aliphatic carbocycles. The molecule has 2 heterocycles. The van der Waals surface area contributed by atoms with E-state index in [1.807, 2.05) is 0 Å². The molecule has 0 aliphatic heterocycles. The molecule has 0 fully saturated rings. The lowest BCUT2D eigenvalue weighted by Crippen LogP contribution is -2.36. The van der Waals surface area contributed by atoms with Gasteiger partial charge in [0, 0.05) is 48.8 Å². The number of H-pyrrole nitrogens is 1. The van der Waals surface area contributed by atoms with E-state index in [0.29, 0.717) is 15.4 Å². The number of aromatic nitrogens is 2. The van der Waals surface area contributed by atoms with Crippen molar-refractivity contribution in [3.8, 4) is 0 Å². The molecule has 156 valence electrons. The first kappa shape index (κ1) is 21.1. The Labute approximate surface area is 187 Å². The van der Waals surface area contributed by atoms with Gasteiger partial charge in [-0.05, 0) is 24.3 Å². The van der Waals surface area contributed by atoms with E-state index in [1.165, 1.54) is 19.4 Å². The minimum atomic E-state index is -5.12. The van der Waals surface area contributed by atoms with Crippen LogP contribution < -0.4 is 0 Å². The third kappa shape index (κ3) is 3.08. The van der Waals surface area contributed by atoms with Gasteiger partial charge in [-0.2, -0.15) is 8.42 Å². The fourth-order valence-corrected chi connectivity index (χ4v) is 5.12. The smallest absolute Gasteiger partial charge is 0.418 e. The number of carbonyl (C=O) groups excluding carboxylic acids is 1. The summed E-state index contributed by atoms with van der Waals surface area (Å²) >= 11 is 6.64. The molecular weight excluding hydrogens is 544 g/mol. The fourth-order valence-electron chi connectivity index (χ4n) is 3.52. The highest BCUT2D eigenvalue weighted by Crippen LogP contribution is 2.43. The Morgan fingerprint density at radius 1 is 1.10 bits per heavy atom. The molecule has 0 aliphatic rings. The summed E-state index contributed by atoms with van der Waals surface area (Å²) in [6.45, 7) is 0. The third-order valence-electron chi connectivity index (χ3n) is 4.89. The van der Waals surface area contributed by atoms with Gasteiger partial charge in [0.2, 0.25) is 4.93 Å². The van der Waals surface area contributed by atoms with Crippen molar-refractivity contribution in [2.24, 2.45) is 0 Å². The molecule has 0 spiro atoms. The van der Waals surface area contributed by atoms with E-state index < -0.39 is 21.1 Å². The SMILES string of the molecule is COC(=O)n1cc([C@](O)(c2c[nH]c3cc(Br)ccc23)S(=O)(=O)O)c2ccc(Br)cc21. The lowest BCUT2D eigenvalue weighted by molar-refractivity contribution is 0.156. The Kier molecular flexibility index (Phi) is 5.06. The van der Waals surface area contributed by atoms with E-state index in [2.05, 4.69) is 36.8 Å².